The van der Waals surface area contributed by atoms with Crippen molar-refractivity contribution < 1.29 is 0 Å². The monoisotopic (exact) mass is 419 g/mol. The Morgan fingerprint density at radius 3 is 2.12 bits per heavy atom. The minimum atomic E-state index is -0.283. The third kappa shape index (κ3) is 1.95. The van der Waals surface area contributed by atoms with Gasteiger partial charge in [-0.3, -0.25) is 0 Å². The second-order valence-corrected chi connectivity index (χ2v) is 9.29. The lowest BCUT2D eigenvalue weighted by Gasteiger charge is -2.31. The molecule has 0 saturated heterocycles. The maximum Gasteiger partial charge on any atom is 0.0726 e. The summed E-state index contributed by atoms with van der Waals surface area (Å²) in [4.78, 5) is 3.79. The first-order valence-electron chi connectivity index (χ1n) is 11.7. The van der Waals surface area contributed by atoms with Crippen LogP contribution in [0.3, 0.4) is 0 Å². The maximum absolute atomic E-state index is 3.79. The largest absolute Gasteiger partial charge is 0.354 e. The van der Waals surface area contributed by atoms with Crippen LogP contribution >= 0.6 is 0 Å². The highest BCUT2D eigenvalue weighted by Gasteiger charge is 2.52. The lowest BCUT2D eigenvalue weighted by atomic mass is 9.69. The van der Waals surface area contributed by atoms with Crippen molar-refractivity contribution in [3.05, 3.63) is 137 Å². The summed E-state index contributed by atoms with van der Waals surface area (Å²) in [5.41, 5.74) is 13.2. The molecule has 0 fully saturated rings. The van der Waals surface area contributed by atoms with E-state index in [-0.39, 0.29) is 5.41 Å². The van der Waals surface area contributed by atoms with Crippen molar-refractivity contribution in [1.29, 1.82) is 0 Å². The second-order valence-electron chi connectivity index (χ2n) is 9.29. The fraction of sp³-hybridized carbons (Fsp3) is 0.0625. The number of hydrogen-bond donors (Lipinski definition) is 1. The summed E-state index contributed by atoms with van der Waals surface area (Å²) in [7, 11) is 0. The molecular weight excluding hydrogens is 398 g/mol. The smallest absolute Gasteiger partial charge is 0.0726 e. The number of nitrogens with one attached hydrogen (secondary N) is 1. The number of fused-ring (bicyclic) bond motifs is 13. The Morgan fingerprint density at radius 2 is 1.30 bits per heavy atom. The van der Waals surface area contributed by atoms with Crippen LogP contribution in [0.2, 0.25) is 0 Å². The molecule has 0 amide bonds. The fourth-order valence-electron chi connectivity index (χ4n) is 6.65. The van der Waals surface area contributed by atoms with Crippen molar-refractivity contribution in [2.45, 2.75) is 11.8 Å². The molecule has 3 aliphatic rings. The molecule has 4 aromatic carbocycles. The molecule has 3 aliphatic carbocycles. The summed E-state index contributed by atoms with van der Waals surface area (Å²) < 4.78 is 0. The average Bonchev–Trinajstić information content (AvgIpc) is 3.39. The van der Waals surface area contributed by atoms with Crippen LogP contribution in [0.4, 0.5) is 0 Å². The highest BCUT2D eigenvalue weighted by atomic mass is 14.7. The predicted octanol–water partition coefficient (Wildman–Crippen LogP) is 7.92. The summed E-state index contributed by atoms with van der Waals surface area (Å²) in [6, 6.07) is 31.4. The van der Waals surface area contributed by atoms with Crippen LogP contribution in [-0.2, 0) is 5.41 Å². The van der Waals surface area contributed by atoms with Gasteiger partial charge in [0.05, 0.1) is 10.9 Å². The van der Waals surface area contributed by atoms with Crippen LogP contribution < -0.4 is 0 Å². The number of aromatic amines is 1. The molecule has 154 valence electrons. The number of benzene rings is 4. The van der Waals surface area contributed by atoms with Gasteiger partial charge in [-0.15, -0.1) is 0 Å². The van der Waals surface area contributed by atoms with Gasteiger partial charge < -0.3 is 4.98 Å². The predicted molar refractivity (Wildman–Crippen MR) is 137 cm³/mol. The van der Waals surface area contributed by atoms with Gasteiger partial charge in [-0.25, -0.2) is 0 Å². The molecule has 1 heteroatoms. The van der Waals surface area contributed by atoms with Gasteiger partial charge in [-0.2, -0.15) is 0 Å². The molecule has 8 rings (SSSR count). The van der Waals surface area contributed by atoms with Gasteiger partial charge in [-0.05, 0) is 51.5 Å². The Bertz CT molecular complexity index is 1690. The number of hydrogen-bond acceptors (Lipinski definition) is 0. The first kappa shape index (κ1) is 17.5. The Morgan fingerprint density at radius 1 is 0.606 bits per heavy atom. The standard InChI is InChI=1S/C32H21N/c1-2-13-24-27(14-3-1)32(25-15-7-4-10-20(25)21-11-5-8-16-26(21)32)28-19-18-23-22-12-6-9-17-29(22)33-31(23)30(24)28/h2-19,33H,1H2. The molecule has 1 nitrogen and oxygen atoms in total. The van der Waals surface area contributed by atoms with Crippen LogP contribution in [-0.4, -0.2) is 4.98 Å². The minimum Gasteiger partial charge on any atom is -0.354 e. The molecule has 0 aliphatic heterocycles. The number of rotatable bonds is 0. The topological polar surface area (TPSA) is 15.8 Å². The highest BCUT2D eigenvalue weighted by molar-refractivity contribution is 6.14. The Kier molecular flexibility index (Phi) is 3.19. The summed E-state index contributed by atoms with van der Waals surface area (Å²) in [5.74, 6) is 0. The van der Waals surface area contributed by atoms with Crippen LogP contribution in [0, 0.1) is 0 Å². The number of para-hydroxylation sites is 1. The van der Waals surface area contributed by atoms with Crippen LogP contribution in [0.15, 0.2) is 115 Å². The van der Waals surface area contributed by atoms with Gasteiger partial charge in [0.2, 0.25) is 0 Å². The van der Waals surface area contributed by atoms with Gasteiger partial charge in [0, 0.05) is 21.9 Å². The highest BCUT2D eigenvalue weighted by Crippen LogP contribution is 2.63. The van der Waals surface area contributed by atoms with Crippen LogP contribution in [0.1, 0.15) is 28.7 Å². The zero-order valence-electron chi connectivity index (χ0n) is 18.1. The van der Waals surface area contributed by atoms with E-state index in [4.69, 9.17) is 0 Å². The van der Waals surface area contributed by atoms with Gasteiger partial charge >= 0.3 is 0 Å². The van der Waals surface area contributed by atoms with E-state index in [1.165, 1.54) is 66.3 Å². The molecule has 1 heterocycles. The van der Waals surface area contributed by atoms with Crippen molar-refractivity contribution in [3.8, 4) is 11.1 Å². The molecule has 1 spiro atoms. The van der Waals surface area contributed by atoms with Crippen LogP contribution in [0.5, 0.6) is 0 Å². The van der Waals surface area contributed by atoms with E-state index in [0.29, 0.717) is 0 Å². The quantitative estimate of drug-likeness (QED) is 0.262. The summed E-state index contributed by atoms with van der Waals surface area (Å²) in [5, 5.41) is 2.59. The fourth-order valence-corrected chi connectivity index (χ4v) is 6.65. The first-order valence-corrected chi connectivity index (χ1v) is 11.7. The molecule has 33 heavy (non-hydrogen) atoms. The molecule has 0 atom stereocenters. The molecule has 1 N–H and O–H groups in total. The van der Waals surface area contributed by atoms with E-state index < -0.39 is 0 Å². The Hall–Kier alpha value is -4.10. The van der Waals surface area contributed by atoms with E-state index in [2.05, 4.69) is 114 Å². The van der Waals surface area contributed by atoms with Gasteiger partial charge in [0.15, 0.2) is 0 Å². The number of aromatic nitrogens is 1. The van der Waals surface area contributed by atoms with E-state index in [1.807, 2.05) is 0 Å². The first-order chi connectivity index (χ1) is 16.4. The third-order valence-corrected chi connectivity index (χ3v) is 7.84. The number of allylic oxidation sites excluding steroid dienone is 6. The van der Waals surface area contributed by atoms with E-state index in [0.717, 1.165) is 6.42 Å². The van der Waals surface area contributed by atoms with Crippen molar-refractivity contribution in [2.24, 2.45) is 0 Å². The minimum absolute atomic E-state index is 0.283. The molecule has 0 radical (unpaired) electrons. The van der Waals surface area contributed by atoms with Crippen molar-refractivity contribution in [3.63, 3.8) is 0 Å². The van der Waals surface area contributed by atoms with E-state index >= 15 is 0 Å². The molecule has 1 aromatic heterocycles. The van der Waals surface area contributed by atoms with Gasteiger partial charge in [0.1, 0.15) is 0 Å². The van der Waals surface area contributed by atoms with E-state index in [9.17, 15) is 0 Å². The van der Waals surface area contributed by atoms with E-state index in [1.54, 1.807) is 0 Å². The van der Waals surface area contributed by atoms with Crippen molar-refractivity contribution in [2.75, 3.05) is 0 Å². The average molecular weight is 420 g/mol. The van der Waals surface area contributed by atoms with Gasteiger partial charge in [-0.1, -0.05) is 103 Å². The lowest BCUT2D eigenvalue weighted by molar-refractivity contribution is 0.787. The third-order valence-electron chi connectivity index (χ3n) is 7.84. The molecule has 0 saturated carbocycles. The maximum atomic E-state index is 3.79. The van der Waals surface area contributed by atoms with Crippen molar-refractivity contribution in [1.82, 2.24) is 4.98 Å². The zero-order chi connectivity index (χ0) is 21.6. The van der Waals surface area contributed by atoms with Gasteiger partial charge in [0.25, 0.3) is 0 Å². The zero-order valence-corrected chi connectivity index (χ0v) is 18.1. The second kappa shape index (κ2) is 6.02. The molecule has 0 unspecified atom stereocenters. The van der Waals surface area contributed by atoms with Crippen molar-refractivity contribution >= 4 is 27.4 Å². The molecule has 0 bridgehead atoms. The molecule has 5 aromatic rings. The lowest BCUT2D eigenvalue weighted by Crippen LogP contribution is -2.26. The summed E-state index contributed by atoms with van der Waals surface area (Å²) in [6.45, 7) is 0. The van der Waals surface area contributed by atoms with Crippen LogP contribution in [0.25, 0.3) is 38.5 Å². The SMILES string of the molecule is C1=CC2=C(C=CC1)C1(c3ccccc3-c3ccccc31)c1ccc3c([nH]c4ccccc43)c12. The normalized spacial score (nSPS) is 16.8. The Balaban J connectivity index is 1.61. The Labute approximate surface area is 192 Å². The molecular formula is C32H21N. The summed E-state index contributed by atoms with van der Waals surface area (Å²) >= 11 is 0. The number of H-pyrrole nitrogens is 1. The summed E-state index contributed by atoms with van der Waals surface area (Å²) in [6.07, 6.45) is 10.3.